The van der Waals surface area contributed by atoms with Crippen molar-refractivity contribution >= 4 is 23.8 Å². The lowest BCUT2D eigenvalue weighted by molar-refractivity contribution is 0.0600. The Kier molecular flexibility index (Phi) is 5.39. The molecule has 0 amide bonds. The Hall–Kier alpha value is -2.07. The number of hydrogen-bond acceptors (Lipinski definition) is 3. The molecule has 2 nitrogen and oxygen atoms in total. The third-order valence-corrected chi connectivity index (χ3v) is 4.38. The van der Waals surface area contributed by atoms with Gasteiger partial charge in [0.1, 0.15) is 0 Å². The lowest BCUT2D eigenvalue weighted by Crippen LogP contribution is -2.00. The second kappa shape index (κ2) is 7.27. The second-order valence-electron chi connectivity index (χ2n) is 4.89. The molecule has 0 aromatic heterocycles. The number of methoxy groups -OCH3 is 1. The molecule has 0 N–H and O–H groups in total. The number of ether oxygens (including phenoxy) is 1. The average Bonchev–Trinajstić information content (AvgIpc) is 2.51. The third-order valence-electron chi connectivity index (χ3n) is 3.22. The van der Waals surface area contributed by atoms with Gasteiger partial charge in [0.25, 0.3) is 0 Å². The lowest BCUT2D eigenvalue weighted by atomic mass is 10.1. The van der Waals surface area contributed by atoms with Crippen LogP contribution < -0.4 is 0 Å². The van der Waals surface area contributed by atoms with Gasteiger partial charge in [-0.2, -0.15) is 4.39 Å². The van der Waals surface area contributed by atoms with Crippen molar-refractivity contribution in [1.82, 2.24) is 0 Å². The van der Waals surface area contributed by atoms with Crippen molar-refractivity contribution in [3.05, 3.63) is 69.9 Å². The predicted molar refractivity (Wildman–Crippen MR) is 88.6 cm³/mol. The molecule has 114 valence electrons. The summed E-state index contributed by atoms with van der Waals surface area (Å²) in [6.45, 7) is 3.93. The number of thioether (sulfide) groups is 1. The first-order chi connectivity index (χ1) is 10.5. The molecule has 2 rings (SSSR count). The highest BCUT2D eigenvalue weighted by Gasteiger charge is 2.07. The number of halogens is 1. The summed E-state index contributed by atoms with van der Waals surface area (Å²) in [6, 6.07) is 12.5. The molecule has 0 bridgehead atoms. The predicted octanol–water partition coefficient (Wildman–Crippen LogP) is 5.15. The lowest BCUT2D eigenvalue weighted by Gasteiger charge is -2.07. The summed E-state index contributed by atoms with van der Waals surface area (Å²) in [5.41, 5.74) is 3.25. The maximum Gasteiger partial charge on any atom is 0.337 e. The highest BCUT2D eigenvalue weighted by atomic mass is 32.2. The van der Waals surface area contributed by atoms with Gasteiger partial charge in [0, 0.05) is 4.90 Å². The monoisotopic (exact) mass is 316 g/mol. The van der Waals surface area contributed by atoms with Crippen molar-refractivity contribution in [3.8, 4) is 0 Å². The Labute approximate surface area is 134 Å². The van der Waals surface area contributed by atoms with Gasteiger partial charge >= 0.3 is 5.97 Å². The van der Waals surface area contributed by atoms with Crippen molar-refractivity contribution < 1.29 is 13.9 Å². The summed E-state index contributed by atoms with van der Waals surface area (Å²) in [6.07, 6.45) is 1.46. The number of hydrogen-bond donors (Lipinski definition) is 0. The van der Waals surface area contributed by atoms with Crippen molar-refractivity contribution in [2.75, 3.05) is 7.11 Å². The highest BCUT2D eigenvalue weighted by Crippen LogP contribution is 2.33. The number of carbonyl (C=O) groups excluding carboxylic acids is 1. The molecular formula is C18H17FO2S. The zero-order valence-corrected chi connectivity index (χ0v) is 13.5. The number of esters is 1. The van der Waals surface area contributed by atoms with Crippen LogP contribution in [-0.2, 0) is 4.74 Å². The van der Waals surface area contributed by atoms with E-state index in [0.717, 1.165) is 27.8 Å². The SMILES string of the molecule is COC(=O)c1ccc(/C=C(\F)Sc2c(C)cccc2C)cc1. The molecule has 0 heterocycles. The molecule has 22 heavy (non-hydrogen) atoms. The van der Waals surface area contributed by atoms with Crippen LogP contribution in [0.1, 0.15) is 27.0 Å². The number of carbonyl (C=O) groups is 1. The summed E-state index contributed by atoms with van der Waals surface area (Å²) in [5, 5.41) is -0.289. The molecular weight excluding hydrogens is 299 g/mol. The quantitative estimate of drug-likeness (QED) is 0.576. The van der Waals surface area contributed by atoms with Crippen LogP contribution in [0, 0.1) is 13.8 Å². The normalized spacial score (nSPS) is 11.4. The van der Waals surface area contributed by atoms with E-state index >= 15 is 0 Å². The van der Waals surface area contributed by atoms with Crippen LogP contribution in [-0.4, -0.2) is 13.1 Å². The first kappa shape index (κ1) is 16.3. The molecule has 0 atom stereocenters. The topological polar surface area (TPSA) is 26.3 Å². The first-order valence-electron chi connectivity index (χ1n) is 6.81. The standard InChI is InChI=1S/C18H17FO2S/c1-12-5-4-6-13(2)17(12)22-16(19)11-14-7-9-15(10-8-14)18(20)21-3/h4-11H,1-3H3/b16-11+. The summed E-state index contributed by atoms with van der Waals surface area (Å²) >= 11 is 1.11. The van der Waals surface area contributed by atoms with Gasteiger partial charge in [0.15, 0.2) is 5.16 Å². The van der Waals surface area contributed by atoms with E-state index in [0.29, 0.717) is 11.1 Å². The van der Waals surface area contributed by atoms with Gasteiger partial charge in [0.05, 0.1) is 12.7 Å². The van der Waals surface area contributed by atoms with E-state index in [1.807, 2.05) is 32.0 Å². The first-order valence-corrected chi connectivity index (χ1v) is 7.62. The van der Waals surface area contributed by atoms with Crippen molar-refractivity contribution in [3.63, 3.8) is 0 Å². The fraction of sp³-hybridized carbons (Fsp3) is 0.167. The Morgan fingerprint density at radius 1 is 1.09 bits per heavy atom. The Balaban J connectivity index is 2.17. The summed E-state index contributed by atoms with van der Waals surface area (Å²) in [5.74, 6) is -0.402. The Morgan fingerprint density at radius 2 is 1.68 bits per heavy atom. The van der Waals surface area contributed by atoms with E-state index in [2.05, 4.69) is 4.74 Å². The second-order valence-corrected chi connectivity index (χ2v) is 5.89. The van der Waals surface area contributed by atoms with E-state index in [-0.39, 0.29) is 5.16 Å². The molecule has 0 fully saturated rings. The Bertz CT molecular complexity index is 685. The third kappa shape index (κ3) is 3.98. The van der Waals surface area contributed by atoms with E-state index in [9.17, 15) is 9.18 Å². The minimum Gasteiger partial charge on any atom is -0.465 e. The average molecular weight is 316 g/mol. The number of rotatable bonds is 4. The molecule has 0 aliphatic heterocycles. The zero-order valence-electron chi connectivity index (χ0n) is 12.7. The fourth-order valence-corrected chi connectivity index (χ4v) is 2.90. The molecule has 0 radical (unpaired) electrons. The van der Waals surface area contributed by atoms with Crippen LogP contribution in [0.25, 0.3) is 6.08 Å². The molecule has 0 unspecified atom stereocenters. The van der Waals surface area contributed by atoms with Crippen LogP contribution >= 0.6 is 11.8 Å². The highest BCUT2D eigenvalue weighted by molar-refractivity contribution is 8.03. The van der Waals surface area contributed by atoms with Gasteiger partial charge in [-0.05, 0) is 48.7 Å². The Morgan fingerprint density at radius 3 is 2.23 bits per heavy atom. The number of aryl methyl sites for hydroxylation is 2. The van der Waals surface area contributed by atoms with Crippen LogP contribution in [0.5, 0.6) is 0 Å². The van der Waals surface area contributed by atoms with Crippen LogP contribution in [0.2, 0.25) is 0 Å². The molecule has 0 aliphatic carbocycles. The van der Waals surface area contributed by atoms with Crippen molar-refractivity contribution in [1.29, 1.82) is 0 Å². The number of benzene rings is 2. The molecule has 0 saturated carbocycles. The van der Waals surface area contributed by atoms with E-state index in [4.69, 9.17) is 0 Å². The molecule has 0 spiro atoms. The van der Waals surface area contributed by atoms with Crippen LogP contribution in [0.3, 0.4) is 0 Å². The van der Waals surface area contributed by atoms with Gasteiger partial charge in [-0.1, -0.05) is 42.1 Å². The van der Waals surface area contributed by atoms with Crippen molar-refractivity contribution in [2.24, 2.45) is 0 Å². The van der Waals surface area contributed by atoms with Gasteiger partial charge in [-0.3, -0.25) is 0 Å². The zero-order chi connectivity index (χ0) is 16.1. The van der Waals surface area contributed by atoms with Gasteiger partial charge in [0.2, 0.25) is 0 Å². The minimum atomic E-state index is -0.402. The van der Waals surface area contributed by atoms with Crippen molar-refractivity contribution in [2.45, 2.75) is 18.7 Å². The fourth-order valence-electron chi connectivity index (χ4n) is 2.05. The smallest absolute Gasteiger partial charge is 0.337 e. The maximum atomic E-state index is 14.2. The molecule has 4 heteroatoms. The molecule has 0 saturated heterocycles. The summed E-state index contributed by atoms with van der Waals surface area (Å²) in [7, 11) is 1.33. The summed E-state index contributed by atoms with van der Waals surface area (Å²) in [4.78, 5) is 12.3. The summed E-state index contributed by atoms with van der Waals surface area (Å²) < 4.78 is 18.8. The van der Waals surface area contributed by atoms with E-state index in [1.54, 1.807) is 24.3 Å². The largest absolute Gasteiger partial charge is 0.465 e. The van der Waals surface area contributed by atoms with Gasteiger partial charge in [-0.15, -0.1) is 0 Å². The molecule has 2 aromatic rings. The van der Waals surface area contributed by atoms with E-state index in [1.165, 1.54) is 13.2 Å². The maximum absolute atomic E-state index is 14.2. The minimum absolute atomic E-state index is 0.289. The van der Waals surface area contributed by atoms with E-state index < -0.39 is 5.97 Å². The van der Waals surface area contributed by atoms with Crippen LogP contribution in [0.15, 0.2) is 52.5 Å². The molecule has 2 aromatic carbocycles. The van der Waals surface area contributed by atoms with Crippen LogP contribution in [0.4, 0.5) is 4.39 Å². The molecule has 0 aliphatic rings. The van der Waals surface area contributed by atoms with Gasteiger partial charge < -0.3 is 4.74 Å². The van der Waals surface area contributed by atoms with Gasteiger partial charge in [-0.25, -0.2) is 4.79 Å².